The van der Waals surface area contributed by atoms with Crippen molar-refractivity contribution in [2.75, 3.05) is 6.54 Å². The lowest BCUT2D eigenvalue weighted by molar-refractivity contribution is -0.118. The van der Waals surface area contributed by atoms with Gasteiger partial charge in [0, 0.05) is 6.04 Å². The zero-order chi connectivity index (χ0) is 8.85. The second-order valence-electron chi connectivity index (χ2n) is 2.43. The summed E-state index contributed by atoms with van der Waals surface area (Å²) in [6, 6.07) is 0.273. The van der Waals surface area contributed by atoms with Gasteiger partial charge in [-0.3, -0.25) is 10.2 Å². The van der Waals surface area contributed by atoms with Gasteiger partial charge in [-0.15, -0.1) is 12.6 Å². The molecule has 0 fully saturated rings. The zero-order valence-corrected chi connectivity index (χ0v) is 7.53. The van der Waals surface area contributed by atoms with Gasteiger partial charge in [-0.05, 0) is 0 Å². The van der Waals surface area contributed by atoms with E-state index < -0.39 is 0 Å². The molecule has 0 atom stereocenters. The molecule has 3 N–H and O–H groups in total. The van der Waals surface area contributed by atoms with Gasteiger partial charge in [-0.1, -0.05) is 13.8 Å². The number of carbonyl (C=O) groups is 1. The molecule has 0 aliphatic rings. The first-order valence-electron chi connectivity index (χ1n) is 3.33. The number of rotatable bonds is 3. The monoisotopic (exact) mass is 175 g/mol. The third-order valence-corrected chi connectivity index (χ3v) is 1.04. The summed E-state index contributed by atoms with van der Waals surface area (Å²) in [6.07, 6.45) is 0. The van der Waals surface area contributed by atoms with Gasteiger partial charge in [0.2, 0.25) is 5.91 Å². The Hall–Kier alpha value is -0.550. The largest absolute Gasteiger partial charge is 0.306 e. The van der Waals surface area contributed by atoms with Crippen molar-refractivity contribution in [3.05, 3.63) is 0 Å². The zero-order valence-electron chi connectivity index (χ0n) is 6.64. The van der Waals surface area contributed by atoms with Crippen molar-refractivity contribution in [1.29, 1.82) is 5.41 Å². The van der Waals surface area contributed by atoms with Crippen LogP contribution >= 0.6 is 12.6 Å². The molecule has 0 unspecified atom stereocenters. The van der Waals surface area contributed by atoms with Crippen molar-refractivity contribution >= 4 is 23.7 Å². The van der Waals surface area contributed by atoms with Crippen LogP contribution in [-0.2, 0) is 4.79 Å². The van der Waals surface area contributed by atoms with Crippen molar-refractivity contribution < 1.29 is 4.79 Å². The van der Waals surface area contributed by atoms with Gasteiger partial charge in [0.25, 0.3) is 0 Å². The highest BCUT2D eigenvalue weighted by atomic mass is 32.1. The Morgan fingerprint density at radius 1 is 1.64 bits per heavy atom. The Morgan fingerprint density at radius 3 is 2.55 bits per heavy atom. The Bertz CT molecular complexity index is 158. The SMILES string of the molecule is CC(C)NCC(=O)NC(=N)S. The van der Waals surface area contributed by atoms with Gasteiger partial charge in [0.15, 0.2) is 5.17 Å². The van der Waals surface area contributed by atoms with E-state index >= 15 is 0 Å². The molecular formula is C6H13N3OS. The molecule has 0 heterocycles. The van der Waals surface area contributed by atoms with Crippen LogP contribution in [0.15, 0.2) is 0 Å². The summed E-state index contributed by atoms with van der Waals surface area (Å²) < 4.78 is 0. The molecule has 11 heavy (non-hydrogen) atoms. The van der Waals surface area contributed by atoms with E-state index in [0.717, 1.165) is 0 Å². The molecule has 0 saturated heterocycles. The summed E-state index contributed by atoms with van der Waals surface area (Å²) in [4.78, 5) is 10.8. The first kappa shape index (κ1) is 10.4. The quantitative estimate of drug-likeness (QED) is 0.276. The molecule has 5 heteroatoms. The molecule has 0 rings (SSSR count). The summed E-state index contributed by atoms with van der Waals surface area (Å²) >= 11 is 3.61. The predicted molar refractivity (Wildman–Crippen MR) is 48.0 cm³/mol. The number of carbonyl (C=O) groups excluding carboxylic acids is 1. The van der Waals surface area contributed by atoms with E-state index in [1.165, 1.54) is 0 Å². The first-order chi connectivity index (χ1) is 5.02. The van der Waals surface area contributed by atoms with Gasteiger partial charge in [0.05, 0.1) is 6.54 Å². The van der Waals surface area contributed by atoms with Crippen LogP contribution in [0.5, 0.6) is 0 Å². The highest BCUT2D eigenvalue weighted by Gasteiger charge is 2.01. The summed E-state index contributed by atoms with van der Waals surface area (Å²) in [5, 5.41) is 11.8. The molecule has 1 amide bonds. The summed E-state index contributed by atoms with van der Waals surface area (Å²) in [5.41, 5.74) is 0. The highest BCUT2D eigenvalue weighted by Crippen LogP contribution is 1.76. The Balaban J connectivity index is 3.46. The van der Waals surface area contributed by atoms with Crippen molar-refractivity contribution in [3.63, 3.8) is 0 Å². The third-order valence-electron chi connectivity index (χ3n) is 0.929. The standard InChI is InChI=1S/C6H13N3OS/c1-4(2)8-3-5(10)9-6(7)11/h4,8H,3H2,1-2H3,(H3,7,9,10,11). The maximum absolute atomic E-state index is 10.8. The van der Waals surface area contributed by atoms with Crippen LogP contribution in [-0.4, -0.2) is 23.7 Å². The van der Waals surface area contributed by atoms with Gasteiger partial charge >= 0.3 is 0 Å². The van der Waals surface area contributed by atoms with E-state index in [-0.39, 0.29) is 23.7 Å². The lowest BCUT2D eigenvalue weighted by Gasteiger charge is -2.06. The van der Waals surface area contributed by atoms with Crippen LogP contribution in [0.3, 0.4) is 0 Å². The maximum Gasteiger partial charge on any atom is 0.239 e. The van der Waals surface area contributed by atoms with Crippen molar-refractivity contribution in [3.8, 4) is 0 Å². The van der Waals surface area contributed by atoms with Crippen LogP contribution in [0.4, 0.5) is 0 Å². The lowest BCUT2D eigenvalue weighted by atomic mass is 10.4. The van der Waals surface area contributed by atoms with E-state index in [2.05, 4.69) is 23.3 Å². The van der Waals surface area contributed by atoms with Gasteiger partial charge in [-0.2, -0.15) is 0 Å². The van der Waals surface area contributed by atoms with Crippen LogP contribution in [0, 0.1) is 5.41 Å². The molecule has 0 saturated carbocycles. The minimum absolute atomic E-state index is 0.124. The molecule has 0 aromatic carbocycles. The van der Waals surface area contributed by atoms with Crippen molar-refractivity contribution in [2.24, 2.45) is 0 Å². The van der Waals surface area contributed by atoms with Crippen LogP contribution in [0.25, 0.3) is 0 Å². The number of nitrogens with one attached hydrogen (secondary N) is 3. The molecule has 4 nitrogen and oxygen atoms in total. The molecular weight excluding hydrogens is 162 g/mol. The van der Waals surface area contributed by atoms with Crippen molar-refractivity contribution in [1.82, 2.24) is 10.6 Å². The van der Waals surface area contributed by atoms with E-state index in [4.69, 9.17) is 5.41 Å². The molecule has 0 radical (unpaired) electrons. The number of hydrogen-bond donors (Lipinski definition) is 4. The second-order valence-corrected chi connectivity index (χ2v) is 2.88. The molecule has 0 aliphatic heterocycles. The smallest absolute Gasteiger partial charge is 0.239 e. The van der Waals surface area contributed by atoms with E-state index in [1.807, 2.05) is 13.8 Å². The number of hydrogen-bond acceptors (Lipinski definition) is 3. The van der Waals surface area contributed by atoms with Gasteiger partial charge < -0.3 is 10.6 Å². The maximum atomic E-state index is 10.8. The molecule has 0 aromatic heterocycles. The fourth-order valence-corrected chi connectivity index (χ4v) is 0.598. The Morgan fingerprint density at radius 2 is 2.18 bits per heavy atom. The van der Waals surface area contributed by atoms with Crippen LogP contribution < -0.4 is 10.6 Å². The van der Waals surface area contributed by atoms with Crippen LogP contribution in [0.1, 0.15) is 13.8 Å². The molecule has 0 aliphatic carbocycles. The van der Waals surface area contributed by atoms with E-state index in [1.54, 1.807) is 0 Å². The Kier molecular flexibility index (Phi) is 4.89. The Labute approximate surface area is 71.7 Å². The number of thiol groups is 1. The van der Waals surface area contributed by atoms with Crippen molar-refractivity contribution in [2.45, 2.75) is 19.9 Å². The average molecular weight is 175 g/mol. The molecule has 0 spiro atoms. The normalized spacial score (nSPS) is 9.82. The minimum Gasteiger partial charge on any atom is -0.306 e. The fraction of sp³-hybridized carbons (Fsp3) is 0.667. The summed E-state index contributed by atoms with van der Waals surface area (Å²) in [5.74, 6) is -0.237. The number of amidine groups is 1. The second kappa shape index (κ2) is 5.15. The topological polar surface area (TPSA) is 65.0 Å². The fourth-order valence-electron chi connectivity index (χ4n) is 0.473. The number of amides is 1. The van der Waals surface area contributed by atoms with Gasteiger partial charge in [0.1, 0.15) is 0 Å². The predicted octanol–water partition coefficient (Wildman–Crippen LogP) is -0.0348. The van der Waals surface area contributed by atoms with Crippen LogP contribution in [0.2, 0.25) is 0 Å². The first-order valence-corrected chi connectivity index (χ1v) is 3.78. The minimum atomic E-state index is -0.237. The molecule has 0 aromatic rings. The summed E-state index contributed by atoms with van der Waals surface area (Å²) in [7, 11) is 0. The van der Waals surface area contributed by atoms with Gasteiger partial charge in [-0.25, -0.2) is 0 Å². The van der Waals surface area contributed by atoms with E-state index in [0.29, 0.717) is 0 Å². The van der Waals surface area contributed by atoms with E-state index in [9.17, 15) is 4.79 Å². The highest BCUT2D eigenvalue weighted by molar-refractivity contribution is 7.96. The third kappa shape index (κ3) is 7.35. The summed E-state index contributed by atoms with van der Waals surface area (Å²) in [6.45, 7) is 4.11. The average Bonchev–Trinajstić information content (AvgIpc) is 1.82. The molecule has 64 valence electrons. The molecule has 0 bridgehead atoms. The lowest BCUT2D eigenvalue weighted by Crippen LogP contribution is -2.38.